The predicted octanol–water partition coefficient (Wildman–Crippen LogP) is 4.12. The Morgan fingerprint density at radius 2 is 1.86 bits per heavy atom. The molecule has 6 heteroatoms. The first-order valence-electron chi connectivity index (χ1n) is 6.60. The molecular weight excluding hydrogens is 362 g/mol. The van der Waals surface area contributed by atoms with Gasteiger partial charge in [-0.1, -0.05) is 45.9 Å². The van der Waals surface area contributed by atoms with Gasteiger partial charge in [0, 0.05) is 15.5 Å². The van der Waals surface area contributed by atoms with Crippen molar-refractivity contribution in [2.45, 2.75) is 5.03 Å². The molecule has 0 unspecified atom stereocenters. The van der Waals surface area contributed by atoms with Crippen LogP contribution < -0.4 is 5.32 Å². The van der Waals surface area contributed by atoms with Crippen molar-refractivity contribution < 1.29 is 4.79 Å². The van der Waals surface area contributed by atoms with Gasteiger partial charge in [-0.15, -0.1) is 0 Å². The number of halogens is 1. The first-order chi connectivity index (χ1) is 10.7. The van der Waals surface area contributed by atoms with E-state index in [-0.39, 0.29) is 5.91 Å². The second-order valence-corrected chi connectivity index (χ2v) is 6.42. The molecule has 2 aromatic carbocycles. The minimum absolute atomic E-state index is 0.0602. The Hall–Kier alpha value is -1.92. The Morgan fingerprint density at radius 3 is 2.68 bits per heavy atom. The molecule has 1 amide bonds. The highest BCUT2D eigenvalue weighted by molar-refractivity contribution is 9.10. The smallest absolute Gasteiger partial charge is 0.234 e. The molecule has 0 radical (unpaired) electrons. The van der Waals surface area contributed by atoms with Crippen LogP contribution in [0.3, 0.4) is 0 Å². The number of carbonyl (C=O) groups is 1. The highest BCUT2D eigenvalue weighted by atomic mass is 79.9. The van der Waals surface area contributed by atoms with Gasteiger partial charge in [0.1, 0.15) is 11.4 Å². The molecule has 0 aliphatic heterocycles. The number of rotatable bonds is 4. The topological polar surface area (TPSA) is 54.9 Å². The first kappa shape index (κ1) is 15.0. The van der Waals surface area contributed by atoms with Crippen molar-refractivity contribution in [2.75, 3.05) is 11.1 Å². The molecule has 3 rings (SSSR count). The van der Waals surface area contributed by atoms with Crippen molar-refractivity contribution in [1.82, 2.24) is 9.97 Å². The number of nitrogens with zero attached hydrogens (tertiary/aromatic N) is 2. The Labute approximate surface area is 140 Å². The monoisotopic (exact) mass is 373 g/mol. The summed E-state index contributed by atoms with van der Waals surface area (Å²) < 4.78 is 0.979. The third-order valence-electron chi connectivity index (χ3n) is 2.97. The van der Waals surface area contributed by atoms with E-state index in [1.165, 1.54) is 18.1 Å². The Kier molecular flexibility index (Phi) is 4.70. The summed E-state index contributed by atoms with van der Waals surface area (Å²) in [5.41, 5.74) is 1.66. The average Bonchev–Trinajstić information content (AvgIpc) is 2.55. The van der Waals surface area contributed by atoms with Crippen LogP contribution in [0.2, 0.25) is 0 Å². The lowest BCUT2D eigenvalue weighted by molar-refractivity contribution is -0.113. The molecular formula is C16H12BrN3OS. The van der Waals surface area contributed by atoms with Gasteiger partial charge in [-0.25, -0.2) is 9.97 Å². The van der Waals surface area contributed by atoms with Gasteiger partial charge >= 0.3 is 0 Å². The molecule has 0 aliphatic carbocycles. The van der Waals surface area contributed by atoms with E-state index in [1.54, 1.807) is 0 Å². The van der Waals surface area contributed by atoms with Crippen molar-refractivity contribution in [3.8, 4) is 0 Å². The van der Waals surface area contributed by atoms with Crippen LogP contribution in [0.5, 0.6) is 0 Å². The quantitative estimate of drug-likeness (QED) is 0.551. The van der Waals surface area contributed by atoms with Crippen LogP contribution in [0, 0.1) is 0 Å². The summed E-state index contributed by atoms with van der Waals surface area (Å²) in [5.74, 6) is 0.242. The van der Waals surface area contributed by atoms with E-state index >= 15 is 0 Å². The molecule has 4 nitrogen and oxygen atoms in total. The van der Waals surface area contributed by atoms with Gasteiger partial charge in [0.25, 0.3) is 0 Å². The van der Waals surface area contributed by atoms with Crippen molar-refractivity contribution in [1.29, 1.82) is 0 Å². The molecule has 0 fully saturated rings. The van der Waals surface area contributed by atoms with Gasteiger partial charge in [0.15, 0.2) is 0 Å². The molecule has 0 saturated carbocycles. The normalized spacial score (nSPS) is 10.6. The summed E-state index contributed by atoms with van der Waals surface area (Å²) in [6, 6.07) is 15.3. The van der Waals surface area contributed by atoms with Crippen LogP contribution >= 0.6 is 27.7 Å². The van der Waals surface area contributed by atoms with Crippen molar-refractivity contribution in [2.24, 2.45) is 0 Å². The van der Waals surface area contributed by atoms with E-state index in [0.717, 1.165) is 26.1 Å². The SMILES string of the molecule is O=C(CSc1ncnc2ccccc12)Nc1ccc(Br)cc1. The predicted molar refractivity (Wildman–Crippen MR) is 93.0 cm³/mol. The molecule has 1 N–H and O–H groups in total. The number of carbonyl (C=O) groups excluding carboxylic acids is 1. The minimum Gasteiger partial charge on any atom is -0.325 e. The van der Waals surface area contributed by atoms with Gasteiger partial charge < -0.3 is 5.32 Å². The van der Waals surface area contributed by atoms with Crippen LogP contribution in [0.1, 0.15) is 0 Å². The number of benzene rings is 2. The highest BCUT2D eigenvalue weighted by Gasteiger charge is 2.08. The summed E-state index contributed by atoms with van der Waals surface area (Å²) in [5, 5.41) is 4.64. The maximum absolute atomic E-state index is 12.0. The fourth-order valence-electron chi connectivity index (χ4n) is 1.96. The third-order valence-corrected chi connectivity index (χ3v) is 4.51. The average molecular weight is 374 g/mol. The molecule has 0 bridgehead atoms. The molecule has 0 aliphatic rings. The molecule has 110 valence electrons. The maximum atomic E-state index is 12.0. The van der Waals surface area contributed by atoms with E-state index in [2.05, 4.69) is 31.2 Å². The van der Waals surface area contributed by atoms with Crippen LogP contribution in [-0.2, 0) is 4.79 Å². The second-order valence-electron chi connectivity index (χ2n) is 4.54. The Balaban J connectivity index is 1.66. The fraction of sp³-hybridized carbons (Fsp3) is 0.0625. The molecule has 3 aromatic rings. The zero-order valence-electron chi connectivity index (χ0n) is 11.5. The highest BCUT2D eigenvalue weighted by Crippen LogP contribution is 2.24. The number of amides is 1. The van der Waals surface area contributed by atoms with Gasteiger partial charge in [-0.2, -0.15) is 0 Å². The lowest BCUT2D eigenvalue weighted by Crippen LogP contribution is -2.14. The number of nitrogens with one attached hydrogen (secondary N) is 1. The van der Waals surface area contributed by atoms with E-state index in [9.17, 15) is 4.79 Å². The number of aromatic nitrogens is 2. The molecule has 0 spiro atoms. The summed E-state index contributed by atoms with van der Waals surface area (Å²) in [6.45, 7) is 0. The maximum Gasteiger partial charge on any atom is 0.234 e. The summed E-state index contributed by atoms with van der Waals surface area (Å²) in [4.78, 5) is 20.5. The van der Waals surface area contributed by atoms with Crippen molar-refractivity contribution in [3.63, 3.8) is 0 Å². The standard InChI is InChI=1S/C16H12BrN3OS/c17-11-5-7-12(8-6-11)20-15(21)9-22-16-13-3-1-2-4-14(13)18-10-19-16/h1-8,10H,9H2,(H,20,21). The zero-order valence-corrected chi connectivity index (χ0v) is 13.9. The summed E-state index contributed by atoms with van der Waals surface area (Å²) >= 11 is 4.77. The first-order valence-corrected chi connectivity index (χ1v) is 8.38. The van der Waals surface area contributed by atoms with E-state index in [0.29, 0.717) is 5.75 Å². The van der Waals surface area contributed by atoms with Gasteiger partial charge in [-0.05, 0) is 30.3 Å². The van der Waals surface area contributed by atoms with Crippen LogP contribution in [-0.4, -0.2) is 21.6 Å². The van der Waals surface area contributed by atoms with E-state index in [4.69, 9.17) is 0 Å². The lowest BCUT2D eigenvalue weighted by Gasteiger charge is -2.06. The second kappa shape index (κ2) is 6.89. The van der Waals surface area contributed by atoms with Crippen LogP contribution in [0.4, 0.5) is 5.69 Å². The largest absolute Gasteiger partial charge is 0.325 e. The molecule has 22 heavy (non-hydrogen) atoms. The number of hydrogen-bond donors (Lipinski definition) is 1. The zero-order chi connectivity index (χ0) is 15.4. The van der Waals surface area contributed by atoms with Gasteiger partial charge in [-0.3, -0.25) is 4.79 Å². The number of anilines is 1. The number of fused-ring (bicyclic) bond motifs is 1. The number of hydrogen-bond acceptors (Lipinski definition) is 4. The fourth-order valence-corrected chi connectivity index (χ4v) is 3.01. The van der Waals surface area contributed by atoms with E-state index in [1.807, 2.05) is 48.5 Å². The van der Waals surface area contributed by atoms with E-state index < -0.39 is 0 Å². The third kappa shape index (κ3) is 3.64. The number of para-hydroxylation sites is 1. The van der Waals surface area contributed by atoms with Crippen LogP contribution in [0.15, 0.2) is 64.4 Å². The van der Waals surface area contributed by atoms with Crippen molar-refractivity contribution in [3.05, 3.63) is 59.3 Å². The minimum atomic E-state index is -0.0602. The van der Waals surface area contributed by atoms with Gasteiger partial charge in [0.05, 0.1) is 11.3 Å². The van der Waals surface area contributed by atoms with Gasteiger partial charge in [0.2, 0.25) is 5.91 Å². The Morgan fingerprint density at radius 1 is 1.09 bits per heavy atom. The van der Waals surface area contributed by atoms with Crippen LogP contribution in [0.25, 0.3) is 10.9 Å². The Bertz CT molecular complexity index is 803. The molecule has 1 heterocycles. The molecule has 0 saturated heterocycles. The summed E-state index contributed by atoms with van der Waals surface area (Å²) in [7, 11) is 0. The lowest BCUT2D eigenvalue weighted by atomic mass is 10.2. The molecule has 1 aromatic heterocycles. The molecule has 0 atom stereocenters. The summed E-state index contributed by atoms with van der Waals surface area (Å²) in [6.07, 6.45) is 1.53. The van der Waals surface area contributed by atoms with Crippen molar-refractivity contribution >= 4 is 50.2 Å². The number of thioether (sulfide) groups is 1.